The second kappa shape index (κ2) is 8.66. The van der Waals surface area contributed by atoms with E-state index in [1.54, 1.807) is 6.20 Å². The average Bonchev–Trinajstić information content (AvgIpc) is 3.39. The third-order valence-electron chi connectivity index (χ3n) is 5.87. The molecule has 0 spiro atoms. The van der Waals surface area contributed by atoms with Crippen molar-refractivity contribution in [3.05, 3.63) is 41.7 Å². The molecule has 1 saturated heterocycles. The summed E-state index contributed by atoms with van der Waals surface area (Å²) in [7, 11) is 0. The van der Waals surface area contributed by atoms with E-state index in [2.05, 4.69) is 52.1 Å². The number of aryl methyl sites for hydroxylation is 1. The summed E-state index contributed by atoms with van der Waals surface area (Å²) >= 11 is 1.91. The Morgan fingerprint density at radius 3 is 2.68 bits per heavy atom. The number of nitrogens with zero attached hydrogens (tertiary/aromatic N) is 3. The Hall–Kier alpha value is -1.86. The fraction of sp³-hybridized carbons (Fsp3) is 0.571. The lowest BCUT2D eigenvalue weighted by molar-refractivity contribution is 0.0944. The van der Waals surface area contributed by atoms with E-state index in [-0.39, 0.29) is 10.7 Å². The quantitative estimate of drug-likeness (QED) is 0.779. The molecular formula is C21H29N5OS. The summed E-state index contributed by atoms with van der Waals surface area (Å²) in [5, 5.41) is 14.8. The van der Waals surface area contributed by atoms with Gasteiger partial charge in [0.25, 0.3) is 5.91 Å². The van der Waals surface area contributed by atoms with Gasteiger partial charge in [-0.15, -0.1) is 16.9 Å². The van der Waals surface area contributed by atoms with Crippen LogP contribution < -0.4 is 10.6 Å². The Kier molecular flexibility index (Phi) is 6.01. The number of piperidine rings is 1. The lowest BCUT2D eigenvalue weighted by Crippen LogP contribution is -2.38. The summed E-state index contributed by atoms with van der Waals surface area (Å²) in [4.78, 5) is 14.0. The van der Waals surface area contributed by atoms with E-state index in [1.165, 1.54) is 23.3 Å². The van der Waals surface area contributed by atoms with E-state index in [4.69, 9.17) is 0 Å². The highest BCUT2D eigenvalue weighted by atomic mass is 32.2. The maximum atomic E-state index is 12.7. The van der Waals surface area contributed by atoms with Gasteiger partial charge in [0.05, 0.1) is 12.2 Å². The lowest BCUT2D eigenvalue weighted by Gasteiger charge is -2.28. The standard InChI is InChI=1S/C21H29N5OS/c1-16-4-6-18(7-5-16)28-21(10-2-3-11-21)15-23-20(27)19-14-26(25-24-19)17-8-12-22-13-9-17/h4-7,14,17,22H,2-3,8-13,15H2,1H3,(H,23,27). The van der Waals surface area contributed by atoms with E-state index < -0.39 is 0 Å². The maximum absolute atomic E-state index is 12.7. The van der Waals surface area contributed by atoms with Gasteiger partial charge in [0.2, 0.25) is 0 Å². The molecule has 1 amide bonds. The van der Waals surface area contributed by atoms with E-state index >= 15 is 0 Å². The number of benzene rings is 1. The molecule has 2 fully saturated rings. The highest BCUT2D eigenvalue weighted by Crippen LogP contribution is 2.44. The van der Waals surface area contributed by atoms with Crippen LogP contribution in [-0.2, 0) is 0 Å². The Labute approximate surface area is 170 Å². The SMILES string of the molecule is Cc1ccc(SC2(CNC(=O)c3cn(C4CCNCC4)nn3)CCCC2)cc1. The Morgan fingerprint density at radius 1 is 1.25 bits per heavy atom. The smallest absolute Gasteiger partial charge is 0.273 e. The van der Waals surface area contributed by atoms with Crippen LogP contribution in [0, 0.1) is 6.92 Å². The van der Waals surface area contributed by atoms with Gasteiger partial charge in [-0.2, -0.15) is 0 Å². The summed E-state index contributed by atoms with van der Waals surface area (Å²) in [5.41, 5.74) is 1.70. The van der Waals surface area contributed by atoms with Crippen LogP contribution in [0.3, 0.4) is 0 Å². The van der Waals surface area contributed by atoms with Crippen LogP contribution >= 0.6 is 11.8 Å². The molecule has 0 bridgehead atoms. The molecule has 2 aliphatic rings. The molecule has 1 aliphatic heterocycles. The first-order chi connectivity index (χ1) is 13.6. The van der Waals surface area contributed by atoms with Crippen molar-refractivity contribution in [3.63, 3.8) is 0 Å². The van der Waals surface area contributed by atoms with Gasteiger partial charge >= 0.3 is 0 Å². The van der Waals surface area contributed by atoms with Gasteiger partial charge in [-0.05, 0) is 57.8 Å². The minimum Gasteiger partial charge on any atom is -0.349 e. The van der Waals surface area contributed by atoms with Gasteiger partial charge < -0.3 is 10.6 Å². The molecule has 0 atom stereocenters. The topological polar surface area (TPSA) is 71.8 Å². The highest BCUT2D eigenvalue weighted by molar-refractivity contribution is 8.00. The molecule has 4 rings (SSSR count). The van der Waals surface area contributed by atoms with Crippen LogP contribution in [-0.4, -0.2) is 45.3 Å². The molecule has 2 heterocycles. The summed E-state index contributed by atoms with van der Waals surface area (Å²) in [6, 6.07) is 9.03. The molecule has 6 nitrogen and oxygen atoms in total. The summed E-state index contributed by atoms with van der Waals surface area (Å²) in [6.45, 7) is 4.76. The molecule has 1 aliphatic carbocycles. The van der Waals surface area contributed by atoms with Gasteiger partial charge in [0, 0.05) is 16.2 Å². The first kappa shape index (κ1) is 19.5. The Morgan fingerprint density at radius 2 is 1.96 bits per heavy atom. The maximum Gasteiger partial charge on any atom is 0.273 e. The Bertz CT molecular complexity index is 791. The van der Waals surface area contributed by atoms with Crippen molar-refractivity contribution in [1.29, 1.82) is 0 Å². The number of aromatic nitrogens is 3. The van der Waals surface area contributed by atoms with Crippen molar-refractivity contribution >= 4 is 17.7 Å². The van der Waals surface area contributed by atoms with Crippen LogP contribution in [0.5, 0.6) is 0 Å². The van der Waals surface area contributed by atoms with Crippen LogP contribution in [0.25, 0.3) is 0 Å². The molecule has 2 aromatic rings. The van der Waals surface area contributed by atoms with Crippen molar-refractivity contribution in [2.24, 2.45) is 0 Å². The third-order valence-corrected chi connectivity index (χ3v) is 7.36. The van der Waals surface area contributed by atoms with Crippen molar-refractivity contribution in [2.75, 3.05) is 19.6 Å². The highest BCUT2D eigenvalue weighted by Gasteiger charge is 2.35. The van der Waals surface area contributed by atoms with Crippen LogP contribution in [0.4, 0.5) is 0 Å². The molecule has 1 aromatic carbocycles. The summed E-state index contributed by atoms with van der Waals surface area (Å²) in [6.07, 6.45) is 8.57. The molecule has 150 valence electrons. The first-order valence-corrected chi connectivity index (χ1v) is 11.1. The third kappa shape index (κ3) is 4.58. The van der Waals surface area contributed by atoms with Crippen LogP contribution in [0.15, 0.2) is 35.4 Å². The first-order valence-electron chi connectivity index (χ1n) is 10.3. The fourth-order valence-electron chi connectivity index (χ4n) is 4.15. The molecule has 0 radical (unpaired) electrons. The van der Waals surface area contributed by atoms with Gasteiger partial charge in [0.15, 0.2) is 5.69 Å². The summed E-state index contributed by atoms with van der Waals surface area (Å²) in [5.74, 6) is -0.115. The van der Waals surface area contributed by atoms with E-state index in [1.807, 2.05) is 16.4 Å². The molecule has 2 N–H and O–H groups in total. The number of hydrogen-bond acceptors (Lipinski definition) is 5. The van der Waals surface area contributed by atoms with E-state index in [0.29, 0.717) is 18.3 Å². The molecular weight excluding hydrogens is 370 g/mol. The number of rotatable bonds is 6. The zero-order valence-corrected chi connectivity index (χ0v) is 17.3. The summed E-state index contributed by atoms with van der Waals surface area (Å²) < 4.78 is 1.94. The number of carbonyl (C=O) groups is 1. The number of nitrogens with one attached hydrogen (secondary N) is 2. The minimum atomic E-state index is -0.115. The lowest BCUT2D eigenvalue weighted by atomic mass is 10.1. The monoisotopic (exact) mass is 399 g/mol. The average molecular weight is 400 g/mol. The molecule has 7 heteroatoms. The number of thioether (sulfide) groups is 1. The van der Waals surface area contributed by atoms with Crippen molar-refractivity contribution in [2.45, 2.75) is 61.1 Å². The minimum absolute atomic E-state index is 0.0793. The molecule has 28 heavy (non-hydrogen) atoms. The second-order valence-corrected chi connectivity index (χ2v) is 9.59. The van der Waals surface area contributed by atoms with Gasteiger partial charge in [0.1, 0.15) is 0 Å². The Balaban J connectivity index is 1.38. The fourth-order valence-corrected chi connectivity index (χ4v) is 5.56. The van der Waals surface area contributed by atoms with Crippen LogP contribution in [0.2, 0.25) is 0 Å². The van der Waals surface area contributed by atoms with E-state index in [0.717, 1.165) is 38.8 Å². The van der Waals surface area contributed by atoms with Crippen molar-refractivity contribution in [1.82, 2.24) is 25.6 Å². The normalized spacial score (nSPS) is 19.6. The zero-order valence-electron chi connectivity index (χ0n) is 16.5. The van der Waals surface area contributed by atoms with Crippen LogP contribution in [0.1, 0.15) is 60.6 Å². The van der Waals surface area contributed by atoms with E-state index in [9.17, 15) is 4.79 Å². The number of hydrogen-bond donors (Lipinski definition) is 2. The predicted molar refractivity (Wildman–Crippen MR) is 112 cm³/mol. The molecule has 1 aromatic heterocycles. The van der Waals surface area contributed by atoms with Crippen molar-refractivity contribution in [3.8, 4) is 0 Å². The van der Waals surface area contributed by atoms with Gasteiger partial charge in [-0.3, -0.25) is 4.79 Å². The largest absolute Gasteiger partial charge is 0.349 e. The predicted octanol–water partition coefficient (Wildman–Crippen LogP) is 3.35. The number of amides is 1. The zero-order chi connectivity index (χ0) is 19.4. The second-order valence-electron chi connectivity index (χ2n) is 8.05. The number of carbonyl (C=O) groups excluding carboxylic acids is 1. The van der Waals surface area contributed by atoms with Gasteiger partial charge in [-0.25, -0.2) is 4.68 Å². The van der Waals surface area contributed by atoms with Gasteiger partial charge in [-0.1, -0.05) is 35.8 Å². The molecule has 1 saturated carbocycles. The van der Waals surface area contributed by atoms with Crippen molar-refractivity contribution < 1.29 is 4.79 Å². The molecule has 0 unspecified atom stereocenters.